The number of rotatable bonds is 7. The summed E-state index contributed by atoms with van der Waals surface area (Å²) in [6.45, 7) is 1.58. The molecule has 1 fully saturated rings. The van der Waals surface area contributed by atoms with Crippen molar-refractivity contribution >= 4 is 27.5 Å². The Balaban J connectivity index is 1.52. The van der Waals surface area contributed by atoms with Crippen LogP contribution < -0.4 is 5.32 Å². The van der Waals surface area contributed by atoms with Gasteiger partial charge in [-0.3, -0.25) is 4.79 Å². The minimum Gasteiger partial charge on any atom is -0.352 e. The molecule has 29 heavy (non-hydrogen) atoms. The summed E-state index contributed by atoms with van der Waals surface area (Å²) >= 11 is 6.09. The fraction of sp³-hybridized carbons (Fsp3) is 0.409. The molecule has 0 aliphatic carbocycles. The highest BCUT2D eigenvalue weighted by molar-refractivity contribution is 7.89. The summed E-state index contributed by atoms with van der Waals surface area (Å²) in [5, 5.41) is 3.50. The van der Waals surface area contributed by atoms with Gasteiger partial charge in [0.05, 0.1) is 4.90 Å². The predicted molar refractivity (Wildman–Crippen MR) is 115 cm³/mol. The van der Waals surface area contributed by atoms with Crippen LogP contribution in [0.5, 0.6) is 0 Å². The lowest BCUT2D eigenvalue weighted by Crippen LogP contribution is -2.31. The van der Waals surface area contributed by atoms with Gasteiger partial charge in [0.15, 0.2) is 0 Å². The Hall–Kier alpha value is -1.89. The highest BCUT2D eigenvalue weighted by Crippen LogP contribution is 2.21. The van der Waals surface area contributed by atoms with Gasteiger partial charge in [0.2, 0.25) is 15.9 Å². The van der Waals surface area contributed by atoms with E-state index in [-0.39, 0.29) is 5.91 Å². The predicted octanol–water partition coefficient (Wildman–Crippen LogP) is 4.15. The van der Waals surface area contributed by atoms with Crippen LogP contribution in [0.25, 0.3) is 0 Å². The van der Waals surface area contributed by atoms with E-state index in [2.05, 4.69) is 5.32 Å². The third-order valence-corrected chi connectivity index (χ3v) is 7.48. The lowest BCUT2D eigenvalue weighted by Gasteiger charge is -2.20. The van der Waals surface area contributed by atoms with E-state index in [1.807, 2.05) is 18.2 Å². The van der Waals surface area contributed by atoms with E-state index >= 15 is 0 Å². The fourth-order valence-electron chi connectivity index (χ4n) is 3.44. The molecular formula is C22H27ClN2O3S. The number of hydrogen-bond acceptors (Lipinski definition) is 3. The maximum atomic E-state index is 12.8. The number of benzene rings is 2. The molecule has 0 atom stereocenters. The maximum Gasteiger partial charge on any atom is 0.243 e. The molecule has 0 bridgehead atoms. The number of hydrogen-bond donors (Lipinski definition) is 1. The van der Waals surface area contributed by atoms with Crippen LogP contribution in [0.3, 0.4) is 0 Å². The van der Waals surface area contributed by atoms with Gasteiger partial charge in [-0.05, 0) is 48.6 Å². The molecule has 0 spiro atoms. The highest BCUT2D eigenvalue weighted by Gasteiger charge is 2.24. The molecule has 5 nitrogen and oxygen atoms in total. The van der Waals surface area contributed by atoms with Crippen molar-refractivity contribution in [2.75, 3.05) is 13.1 Å². The Labute approximate surface area is 178 Å². The summed E-state index contributed by atoms with van der Waals surface area (Å²) in [6.07, 6.45) is 4.90. The molecule has 1 saturated heterocycles. The fourth-order valence-corrected chi connectivity index (χ4v) is 5.16. The summed E-state index contributed by atoms with van der Waals surface area (Å²) < 4.78 is 27.2. The normalized spacial score (nSPS) is 15.6. The van der Waals surface area contributed by atoms with E-state index in [0.717, 1.165) is 36.8 Å². The van der Waals surface area contributed by atoms with Crippen LogP contribution in [-0.4, -0.2) is 31.7 Å². The number of aryl methyl sites for hydroxylation is 1. The molecule has 0 saturated carbocycles. The van der Waals surface area contributed by atoms with Crippen molar-refractivity contribution in [3.8, 4) is 0 Å². The van der Waals surface area contributed by atoms with E-state index in [1.54, 1.807) is 34.6 Å². The molecule has 1 aliphatic rings. The highest BCUT2D eigenvalue weighted by atomic mass is 35.5. The molecule has 0 radical (unpaired) electrons. The first-order valence-electron chi connectivity index (χ1n) is 10.1. The number of nitrogens with zero attached hydrogens (tertiary/aromatic N) is 1. The second-order valence-electron chi connectivity index (χ2n) is 7.33. The zero-order valence-electron chi connectivity index (χ0n) is 16.4. The van der Waals surface area contributed by atoms with Gasteiger partial charge in [-0.15, -0.1) is 0 Å². The number of halogens is 1. The summed E-state index contributed by atoms with van der Waals surface area (Å²) in [5.41, 5.74) is 1.82. The van der Waals surface area contributed by atoms with Crippen molar-refractivity contribution in [1.82, 2.24) is 9.62 Å². The van der Waals surface area contributed by atoms with Gasteiger partial charge in [0.1, 0.15) is 0 Å². The molecule has 156 valence electrons. The summed E-state index contributed by atoms with van der Waals surface area (Å²) in [6, 6.07) is 14.3. The summed E-state index contributed by atoms with van der Waals surface area (Å²) in [7, 11) is -3.44. The smallest absolute Gasteiger partial charge is 0.243 e. The van der Waals surface area contributed by atoms with E-state index in [1.165, 1.54) is 0 Å². The molecule has 2 aromatic carbocycles. The molecule has 3 rings (SSSR count). The quantitative estimate of drug-likeness (QED) is 0.711. The Bertz CT molecular complexity index is 921. The molecule has 1 aliphatic heterocycles. The van der Waals surface area contributed by atoms with Gasteiger partial charge < -0.3 is 5.32 Å². The Morgan fingerprint density at radius 2 is 1.62 bits per heavy atom. The van der Waals surface area contributed by atoms with Crippen LogP contribution in [0.4, 0.5) is 0 Å². The number of sulfonamides is 1. The van der Waals surface area contributed by atoms with Gasteiger partial charge in [0, 0.05) is 31.1 Å². The van der Waals surface area contributed by atoms with Crippen molar-refractivity contribution < 1.29 is 13.2 Å². The van der Waals surface area contributed by atoms with Crippen molar-refractivity contribution in [2.45, 2.75) is 50.0 Å². The molecule has 1 amide bonds. The second kappa shape index (κ2) is 10.2. The van der Waals surface area contributed by atoms with E-state index in [0.29, 0.717) is 42.4 Å². The minimum atomic E-state index is -3.44. The Kier molecular flexibility index (Phi) is 7.70. The van der Waals surface area contributed by atoms with E-state index in [4.69, 9.17) is 11.6 Å². The molecular weight excluding hydrogens is 408 g/mol. The van der Waals surface area contributed by atoms with Crippen LogP contribution in [-0.2, 0) is 27.8 Å². The number of carbonyl (C=O) groups is 1. The van der Waals surface area contributed by atoms with Crippen LogP contribution in [0.1, 0.15) is 43.2 Å². The average molecular weight is 435 g/mol. The maximum absolute atomic E-state index is 12.8. The third-order valence-electron chi connectivity index (χ3n) is 5.20. The number of carbonyl (C=O) groups excluding carboxylic acids is 1. The molecule has 1 heterocycles. The molecule has 0 unspecified atom stereocenters. The van der Waals surface area contributed by atoms with E-state index in [9.17, 15) is 13.2 Å². The van der Waals surface area contributed by atoms with Gasteiger partial charge in [0.25, 0.3) is 0 Å². The SMILES string of the molecule is O=C(CCc1ccc(S(=O)(=O)N2CCCCCC2)cc1)NCc1ccccc1Cl. The Morgan fingerprint density at radius 3 is 2.28 bits per heavy atom. The zero-order valence-corrected chi connectivity index (χ0v) is 18.0. The largest absolute Gasteiger partial charge is 0.352 e. The average Bonchev–Trinajstić information content (AvgIpc) is 3.02. The first-order valence-corrected chi connectivity index (χ1v) is 11.9. The Morgan fingerprint density at radius 1 is 0.966 bits per heavy atom. The second-order valence-corrected chi connectivity index (χ2v) is 9.68. The van der Waals surface area contributed by atoms with Crippen molar-refractivity contribution in [1.29, 1.82) is 0 Å². The number of nitrogens with one attached hydrogen (secondary N) is 1. The molecule has 7 heteroatoms. The molecule has 2 aromatic rings. The van der Waals surface area contributed by atoms with Gasteiger partial charge in [-0.1, -0.05) is 54.8 Å². The monoisotopic (exact) mass is 434 g/mol. The summed E-state index contributed by atoms with van der Waals surface area (Å²) in [4.78, 5) is 12.4. The molecule has 0 aromatic heterocycles. The van der Waals surface area contributed by atoms with Crippen molar-refractivity contribution in [3.63, 3.8) is 0 Å². The standard InChI is InChI=1S/C22H27ClN2O3S/c23-21-8-4-3-7-19(21)17-24-22(26)14-11-18-9-12-20(13-10-18)29(27,28)25-15-5-1-2-6-16-25/h3-4,7-10,12-13H,1-2,5-6,11,14-17H2,(H,24,26). The van der Waals surface area contributed by atoms with Crippen molar-refractivity contribution in [2.24, 2.45) is 0 Å². The third kappa shape index (κ3) is 6.04. The first-order chi connectivity index (χ1) is 14.0. The van der Waals surface area contributed by atoms with Crippen LogP contribution in [0.15, 0.2) is 53.4 Å². The summed E-state index contributed by atoms with van der Waals surface area (Å²) in [5.74, 6) is -0.0637. The first kappa shape index (κ1) is 21.8. The minimum absolute atomic E-state index is 0.0637. The van der Waals surface area contributed by atoms with Crippen LogP contribution in [0, 0.1) is 0 Å². The van der Waals surface area contributed by atoms with Gasteiger partial charge >= 0.3 is 0 Å². The van der Waals surface area contributed by atoms with E-state index < -0.39 is 10.0 Å². The lowest BCUT2D eigenvalue weighted by atomic mass is 10.1. The lowest BCUT2D eigenvalue weighted by molar-refractivity contribution is -0.121. The molecule has 1 N–H and O–H groups in total. The van der Waals surface area contributed by atoms with Crippen LogP contribution in [0.2, 0.25) is 5.02 Å². The van der Waals surface area contributed by atoms with Crippen molar-refractivity contribution in [3.05, 3.63) is 64.7 Å². The van der Waals surface area contributed by atoms with Gasteiger partial charge in [-0.2, -0.15) is 4.31 Å². The van der Waals surface area contributed by atoms with Crippen LogP contribution >= 0.6 is 11.6 Å². The topological polar surface area (TPSA) is 66.5 Å². The zero-order chi connectivity index (χ0) is 20.7. The number of amides is 1. The van der Waals surface area contributed by atoms with Gasteiger partial charge in [-0.25, -0.2) is 8.42 Å².